The van der Waals surface area contributed by atoms with Crippen LogP contribution in [0.3, 0.4) is 0 Å². The van der Waals surface area contributed by atoms with Gasteiger partial charge in [-0.25, -0.2) is 4.98 Å². The average Bonchev–Trinajstić information content (AvgIpc) is 2.81. The lowest BCUT2D eigenvalue weighted by Gasteiger charge is -2.25. The highest BCUT2D eigenvalue weighted by molar-refractivity contribution is 7.80. The van der Waals surface area contributed by atoms with Gasteiger partial charge in [0.05, 0.1) is 0 Å². The molecule has 1 heterocycles. The number of hydrogen-bond donors (Lipinski definition) is 1. The SMILES string of the molecule is CN(c1cc(C(N)=S)ccn1)C1CCCC1. The van der Waals surface area contributed by atoms with Gasteiger partial charge in [-0.1, -0.05) is 25.1 Å². The molecule has 86 valence electrons. The zero-order chi connectivity index (χ0) is 11.5. The van der Waals surface area contributed by atoms with E-state index in [1.807, 2.05) is 12.1 Å². The maximum atomic E-state index is 5.62. The van der Waals surface area contributed by atoms with Gasteiger partial charge in [0.1, 0.15) is 10.8 Å². The van der Waals surface area contributed by atoms with Crippen molar-refractivity contribution in [2.45, 2.75) is 31.7 Å². The maximum absolute atomic E-state index is 5.62. The number of pyridine rings is 1. The quantitative estimate of drug-likeness (QED) is 0.815. The van der Waals surface area contributed by atoms with E-state index in [9.17, 15) is 0 Å². The Kier molecular flexibility index (Phi) is 3.39. The summed E-state index contributed by atoms with van der Waals surface area (Å²) in [6.07, 6.45) is 6.94. The predicted octanol–water partition coefficient (Wildman–Crippen LogP) is 2.09. The first-order chi connectivity index (χ1) is 7.68. The molecule has 0 atom stereocenters. The summed E-state index contributed by atoms with van der Waals surface area (Å²) in [5.41, 5.74) is 6.51. The third-order valence-corrected chi connectivity index (χ3v) is 3.50. The van der Waals surface area contributed by atoms with Crippen molar-refractivity contribution >= 4 is 23.0 Å². The molecule has 0 saturated heterocycles. The predicted molar refractivity (Wildman–Crippen MR) is 70.8 cm³/mol. The van der Waals surface area contributed by atoms with E-state index < -0.39 is 0 Å². The molecule has 0 bridgehead atoms. The zero-order valence-corrected chi connectivity index (χ0v) is 10.3. The number of anilines is 1. The second kappa shape index (κ2) is 4.78. The summed E-state index contributed by atoms with van der Waals surface area (Å²) in [5.74, 6) is 0.970. The van der Waals surface area contributed by atoms with Crippen LogP contribution in [0.2, 0.25) is 0 Å². The van der Waals surface area contributed by atoms with Crippen LogP contribution in [0, 0.1) is 0 Å². The van der Waals surface area contributed by atoms with Crippen LogP contribution in [0.25, 0.3) is 0 Å². The third-order valence-electron chi connectivity index (χ3n) is 3.26. The second-order valence-electron chi connectivity index (χ2n) is 4.32. The van der Waals surface area contributed by atoms with Gasteiger partial charge < -0.3 is 10.6 Å². The molecule has 2 N–H and O–H groups in total. The average molecular weight is 235 g/mol. The molecule has 1 aliphatic rings. The first-order valence-corrected chi connectivity index (χ1v) is 6.08. The summed E-state index contributed by atoms with van der Waals surface area (Å²) in [5, 5.41) is 0. The molecule has 2 rings (SSSR count). The highest BCUT2D eigenvalue weighted by atomic mass is 32.1. The van der Waals surface area contributed by atoms with Crippen LogP contribution in [0.1, 0.15) is 31.2 Å². The molecule has 0 amide bonds. The Bertz CT molecular complexity index is 386. The maximum Gasteiger partial charge on any atom is 0.129 e. The summed E-state index contributed by atoms with van der Waals surface area (Å²) in [6.45, 7) is 0. The van der Waals surface area contributed by atoms with Crippen LogP contribution in [-0.2, 0) is 0 Å². The molecule has 0 unspecified atom stereocenters. The van der Waals surface area contributed by atoms with Crippen molar-refractivity contribution < 1.29 is 0 Å². The fraction of sp³-hybridized carbons (Fsp3) is 0.500. The Balaban J connectivity index is 2.18. The van der Waals surface area contributed by atoms with E-state index in [4.69, 9.17) is 18.0 Å². The Labute approximate surface area is 102 Å². The van der Waals surface area contributed by atoms with Gasteiger partial charge in [0.25, 0.3) is 0 Å². The summed E-state index contributed by atoms with van der Waals surface area (Å²) < 4.78 is 0. The molecule has 1 aliphatic carbocycles. The zero-order valence-electron chi connectivity index (χ0n) is 9.52. The van der Waals surface area contributed by atoms with Crippen LogP contribution in [0.5, 0.6) is 0 Å². The van der Waals surface area contributed by atoms with Gasteiger partial charge in [-0.2, -0.15) is 0 Å². The van der Waals surface area contributed by atoms with E-state index in [2.05, 4.69) is 16.9 Å². The molecule has 16 heavy (non-hydrogen) atoms. The monoisotopic (exact) mass is 235 g/mol. The second-order valence-corrected chi connectivity index (χ2v) is 4.76. The highest BCUT2D eigenvalue weighted by Gasteiger charge is 2.20. The van der Waals surface area contributed by atoms with Gasteiger partial charge in [0.15, 0.2) is 0 Å². The van der Waals surface area contributed by atoms with E-state index in [1.54, 1.807) is 6.20 Å². The van der Waals surface area contributed by atoms with Crippen LogP contribution < -0.4 is 10.6 Å². The molecule has 1 aromatic rings. The van der Waals surface area contributed by atoms with Crippen molar-refractivity contribution in [3.05, 3.63) is 23.9 Å². The van der Waals surface area contributed by atoms with E-state index in [0.717, 1.165) is 11.4 Å². The molecule has 0 aliphatic heterocycles. The summed E-state index contributed by atoms with van der Waals surface area (Å²) in [6, 6.07) is 4.45. The summed E-state index contributed by atoms with van der Waals surface area (Å²) in [7, 11) is 2.10. The number of thiocarbonyl (C=S) groups is 1. The summed E-state index contributed by atoms with van der Waals surface area (Å²) >= 11 is 4.97. The van der Waals surface area contributed by atoms with Gasteiger partial charge in [-0.3, -0.25) is 0 Å². The molecular weight excluding hydrogens is 218 g/mol. The Hall–Kier alpha value is -1.16. The topological polar surface area (TPSA) is 42.1 Å². The van der Waals surface area contributed by atoms with Crippen molar-refractivity contribution in [3.8, 4) is 0 Å². The molecule has 1 fully saturated rings. The van der Waals surface area contributed by atoms with Gasteiger partial charge in [-0.15, -0.1) is 0 Å². The lowest BCUT2D eigenvalue weighted by atomic mass is 10.2. The standard InChI is InChI=1S/C12H17N3S/c1-15(10-4-2-3-5-10)11-8-9(12(13)16)6-7-14-11/h6-8,10H,2-5H2,1H3,(H2,13,16). The molecule has 3 nitrogen and oxygen atoms in total. The molecule has 1 aromatic heterocycles. The van der Waals surface area contributed by atoms with Crippen molar-refractivity contribution in [1.29, 1.82) is 0 Å². The smallest absolute Gasteiger partial charge is 0.129 e. The fourth-order valence-electron chi connectivity index (χ4n) is 2.24. The number of nitrogens with two attached hydrogens (primary N) is 1. The van der Waals surface area contributed by atoms with Crippen molar-refractivity contribution in [2.75, 3.05) is 11.9 Å². The largest absolute Gasteiger partial charge is 0.389 e. The molecule has 1 saturated carbocycles. The minimum Gasteiger partial charge on any atom is -0.389 e. The lowest BCUT2D eigenvalue weighted by Crippen LogP contribution is -2.29. The Morgan fingerprint density at radius 1 is 1.50 bits per heavy atom. The van der Waals surface area contributed by atoms with Crippen LogP contribution >= 0.6 is 12.2 Å². The third kappa shape index (κ3) is 2.32. The van der Waals surface area contributed by atoms with Gasteiger partial charge in [0.2, 0.25) is 0 Å². The molecule has 4 heteroatoms. The van der Waals surface area contributed by atoms with Gasteiger partial charge in [0, 0.05) is 24.8 Å². The van der Waals surface area contributed by atoms with E-state index in [1.165, 1.54) is 25.7 Å². The normalized spacial score (nSPS) is 16.3. The van der Waals surface area contributed by atoms with Crippen molar-refractivity contribution in [1.82, 2.24) is 4.98 Å². The van der Waals surface area contributed by atoms with Crippen LogP contribution in [-0.4, -0.2) is 23.1 Å². The van der Waals surface area contributed by atoms with Crippen LogP contribution in [0.15, 0.2) is 18.3 Å². The molecule has 0 aromatic carbocycles. The minimum absolute atomic E-state index is 0.434. The minimum atomic E-state index is 0.434. The summed E-state index contributed by atoms with van der Waals surface area (Å²) in [4.78, 5) is 7.06. The van der Waals surface area contributed by atoms with Crippen LogP contribution in [0.4, 0.5) is 5.82 Å². The number of nitrogens with zero attached hydrogens (tertiary/aromatic N) is 2. The number of aromatic nitrogens is 1. The van der Waals surface area contributed by atoms with E-state index >= 15 is 0 Å². The fourth-order valence-corrected chi connectivity index (χ4v) is 2.37. The van der Waals surface area contributed by atoms with Gasteiger partial charge in [-0.05, 0) is 25.0 Å². The Morgan fingerprint density at radius 3 is 2.81 bits per heavy atom. The first kappa shape index (κ1) is 11.3. The number of rotatable bonds is 3. The molecule has 0 radical (unpaired) electrons. The van der Waals surface area contributed by atoms with Gasteiger partial charge >= 0.3 is 0 Å². The van der Waals surface area contributed by atoms with Crippen molar-refractivity contribution in [3.63, 3.8) is 0 Å². The van der Waals surface area contributed by atoms with Crippen molar-refractivity contribution in [2.24, 2.45) is 5.73 Å². The Morgan fingerprint density at radius 2 is 2.19 bits per heavy atom. The molecular formula is C12H17N3S. The lowest BCUT2D eigenvalue weighted by molar-refractivity contribution is 0.646. The van der Waals surface area contributed by atoms with E-state index in [0.29, 0.717) is 11.0 Å². The highest BCUT2D eigenvalue weighted by Crippen LogP contribution is 2.25. The number of hydrogen-bond acceptors (Lipinski definition) is 3. The van der Waals surface area contributed by atoms with E-state index in [-0.39, 0.29) is 0 Å². The first-order valence-electron chi connectivity index (χ1n) is 5.67. The molecule has 0 spiro atoms.